The molecule has 2 aromatic carbocycles. The molecule has 0 heterocycles. The Morgan fingerprint density at radius 2 is 1.86 bits per heavy atom. The second-order valence-corrected chi connectivity index (χ2v) is 6.43. The summed E-state index contributed by atoms with van der Waals surface area (Å²) in [6.45, 7) is 4.20. The maximum absolute atomic E-state index is 13.2. The lowest BCUT2D eigenvalue weighted by molar-refractivity contribution is 0.575. The van der Waals surface area contributed by atoms with E-state index in [4.69, 9.17) is 5.84 Å². The van der Waals surface area contributed by atoms with Gasteiger partial charge < -0.3 is 0 Å². The predicted molar refractivity (Wildman–Crippen MR) is 87.9 cm³/mol. The molecule has 112 valence electrons. The summed E-state index contributed by atoms with van der Waals surface area (Å²) in [7, 11) is 0. The highest BCUT2D eigenvalue weighted by atomic mass is 32.2. The van der Waals surface area contributed by atoms with E-state index < -0.39 is 0 Å². The fourth-order valence-electron chi connectivity index (χ4n) is 2.39. The van der Waals surface area contributed by atoms with Crippen molar-refractivity contribution in [2.75, 3.05) is 5.75 Å². The van der Waals surface area contributed by atoms with E-state index in [0.717, 1.165) is 17.1 Å². The first-order chi connectivity index (χ1) is 10.1. The van der Waals surface area contributed by atoms with E-state index in [1.54, 1.807) is 23.9 Å². The zero-order valence-electron chi connectivity index (χ0n) is 12.4. The summed E-state index contributed by atoms with van der Waals surface area (Å²) in [5.74, 6) is 6.25. The first-order valence-corrected chi connectivity index (χ1v) is 7.97. The zero-order chi connectivity index (χ0) is 15.2. The molecule has 0 aliphatic rings. The number of rotatable bonds is 6. The number of halogens is 1. The smallest absolute Gasteiger partial charge is 0.124 e. The van der Waals surface area contributed by atoms with Crippen molar-refractivity contribution in [3.8, 4) is 0 Å². The van der Waals surface area contributed by atoms with Gasteiger partial charge >= 0.3 is 0 Å². The first-order valence-electron chi connectivity index (χ1n) is 6.98. The van der Waals surface area contributed by atoms with Crippen LogP contribution in [-0.2, 0) is 6.42 Å². The Morgan fingerprint density at radius 3 is 2.48 bits per heavy atom. The second-order valence-electron chi connectivity index (χ2n) is 5.33. The number of aryl methyl sites for hydroxylation is 2. The molecule has 0 bridgehead atoms. The Kier molecular flexibility index (Phi) is 5.79. The molecule has 0 fully saturated rings. The van der Waals surface area contributed by atoms with E-state index in [0.29, 0.717) is 0 Å². The molecule has 1 unspecified atom stereocenters. The highest BCUT2D eigenvalue weighted by Crippen LogP contribution is 2.21. The molecule has 2 nitrogen and oxygen atoms in total. The van der Waals surface area contributed by atoms with E-state index >= 15 is 0 Å². The first kappa shape index (κ1) is 16.0. The summed E-state index contributed by atoms with van der Waals surface area (Å²) < 4.78 is 13.2. The van der Waals surface area contributed by atoms with Crippen LogP contribution in [0.3, 0.4) is 0 Å². The Labute approximate surface area is 129 Å². The minimum absolute atomic E-state index is 0.152. The van der Waals surface area contributed by atoms with Crippen LogP contribution < -0.4 is 11.3 Å². The number of benzene rings is 2. The van der Waals surface area contributed by atoms with Gasteiger partial charge in [0.1, 0.15) is 5.82 Å². The summed E-state index contributed by atoms with van der Waals surface area (Å²) in [4.78, 5) is 0.927. The number of nitrogens with one attached hydrogen (secondary N) is 1. The van der Waals surface area contributed by atoms with Crippen molar-refractivity contribution in [3.63, 3.8) is 0 Å². The van der Waals surface area contributed by atoms with Crippen LogP contribution in [0.2, 0.25) is 0 Å². The minimum Gasteiger partial charge on any atom is -0.271 e. The SMILES string of the molecule is Cc1cc(C)cc(CC(CSc2cccc(F)c2)NN)c1. The standard InChI is InChI=1S/C17H21FN2S/c1-12-6-13(2)8-14(7-12)9-16(20-19)11-21-17-5-3-4-15(18)10-17/h3-8,10,16,20H,9,11,19H2,1-2H3. The number of hydrazine groups is 1. The summed E-state index contributed by atoms with van der Waals surface area (Å²) in [6, 6.07) is 13.3. The quantitative estimate of drug-likeness (QED) is 0.486. The van der Waals surface area contributed by atoms with Crippen LogP contribution in [0.15, 0.2) is 47.4 Å². The van der Waals surface area contributed by atoms with Gasteiger partial charge in [0.05, 0.1) is 0 Å². The third kappa shape index (κ3) is 5.16. The van der Waals surface area contributed by atoms with Gasteiger partial charge in [0.2, 0.25) is 0 Å². The van der Waals surface area contributed by atoms with Gasteiger partial charge in [-0.25, -0.2) is 4.39 Å². The Morgan fingerprint density at radius 1 is 1.14 bits per heavy atom. The van der Waals surface area contributed by atoms with Crippen molar-refractivity contribution in [1.29, 1.82) is 0 Å². The van der Waals surface area contributed by atoms with Crippen LogP contribution in [-0.4, -0.2) is 11.8 Å². The van der Waals surface area contributed by atoms with Crippen LogP contribution in [0.1, 0.15) is 16.7 Å². The molecule has 0 spiro atoms. The van der Waals surface area contributed by atoms with Crippen molar-refractivity contribution >= 4 is 11.8 Å². The fourth-order valence-corrected chi connectivity index (χ4v) is 3.37. The molecule has 0 aromatic heterocycles. The van der Waals surface area contributed by atoms with Gasteiger partial charge in [0.15, 0.2) is 0 Å². The summed E-state index contributed by atoms with van der Waals surface area (Å²) in [6.07, 6.45) is 0.862. The monoisotopic (exact) mass is 304 g/mol. The van der Waals surface area contributed by atoms with Crippen molar-refractivity contribution in [2.45, 2.75) is 31.2 Å². The van der Waals surface area contributed by atoms with Crippen LogP contribution in [0.5, 0.6) is 0 Å². The average molecular weight is 304 g/mol. The van der Waals surface area contributed by atoms with E-state index in [1.807, 2.05) is 6.07 Å². The van der Waals surface area contributed by atoms with Crippen molar-refractivity contribution in [1.82, 2.24) is 5.43 Å². The van der Waals surface area contributed by atoms with Crippen LogP contribution in [0, 0.1) is 19.7 Å². The summed E-state index contributed by atoms with van der Waals surface area (Å²) in [5, 5.41) is 0. The number of thioether (sulfide) groups is 1. The second kappa shape index (κ2) is 7.59. The lowest BCUT2D eigenvalue weighted by Gasteiger charge is -2.16. The zero-order valence-corrected chi connectivity index (χ0v) is 13.2. The maximum Gasteiger partial charge on any atom is 0.124 e. The normalized spacial score (nSPS) is 12.4. The molecular formula is C17H21FN2S. The lowest BCUT2D eigenvalue weighted by atomic mass is 10.0. The average Bonchev–Trinajstić information content (AvgIpc) is 2.42. The van der Waals surface area contributed by atoms with Crippen LogP contribution in [0.25, 0.3) is 0 Å². The molecule has 0 amide bonds. The van der Waals surface area contributed by atoms with Crippen molar-refractivity contribution in [2.24, 2.45) is 5.84 Å². The fraction of sp³-hybridized carbons (Fsp3) is 0.294. The third-order valence-electron chi connectivity index (χ3n) is 3.25. The molecular weight excluding hydrogens is 283 g/mol. The number of hydrogen-bond acceptors (Lipinski definition) is 3. The highest BCUT2D eigenvalue weighted by molar-refractivity contribution is 7.99. The maximum atomic E-state index is 13.2. The summed E-state index contributed by atoms with van der Waals surface area (Å²) >= 11 is 1.61. The molecule has 21 heavy (non-hydrogen) atoms. The van der Waals surface area contributed by atoms with Gasteiger partial charge in [0.25, 0.3) is 0 Å². The molecule has 0 saturated carbocycles. The molecule has 3 N–H and O–H groups in total. The predicted octanol–water partition coefficient (Wildman–Crippen LogP) is 3.61. The van der Waals surface area contributed by atoms with Gasteiger partial charge in [-0.05, 0) is 44.0 Å². The van der Waals surface area contributed by atoms with Gasteiger partial charge in [0, 0.05) is 16.7 Å². The van der Waals surface area contributed by atoms with Crippen LogP contribution in [0.4, 0.5) is 4.39 Å². The Bertz CT molecular complexity index is 581. The van der Waals surface area contributed by atoms with Gasteiger partial charge in [-0.2, -0.15) is 0 Å². The molecule has 0 aliphatic heterocycles. The van der Waals surface area contributed by atoms with Crippen LogP contribution >= 0.6 is 11.8 Å². The van der Waals surface area contributed by atoms with E-state index in [-0.39, 0.29) is 11.9 Å². The van der Waals surface area contributed by atoms with Crippen molar-refractivity contribution < 1.29 is 4.39 Å². The van der Waals surface area contributed by atoms with Gasteiger partial charge in [-0.3, -0.25) is 11.3 Å². The molecule has 0 radical (unpaired) electrons. The lowest BCUT2D eigenvalue weighted by Crippen LogP contribution is -2.38. The van der Waals surface area contributed by atoms with Gasteiger partial charge in [-0.1, -0.05) is 35.4 Å². The summed E-state index contributed by atoms with van der Waals surface area (Å²) in [5.41, 5.74) is 6.66. The topological polar surface area (TPSA) is 38.0 Å². The molecule has 1 atom stereocenters. The van der Waals surface area contributed by atoms with E-state index in [1.165, 1.54) is 22.8 Å². The molecule has 4 heteroatoms. The number of nitrogens with two attached hydrogens (primary N) is 1. The third-order valence-corrected chi connectivity index (χ3v) is 4.40. The molecule has 2 rings (SSSR count). The number of hydrogen-bond donors (Lipinski definition) is 2. The molecule has 0 aliphatic carbocycles. The van der Waals surface area contributed by atoms with Gasteiger partial charge in [-0.15, -0.1) is 11.8 Å². The van der Waals surface area contributed by atoms with Crippen molar-refractivity contribution in [3.05, 3.63) is 65.0 Å². The van der Waals surface area contributed by atoms with E-state index in [9.17, 15) is 4.39 Å². The highest BCUT2D eigenvalue weighted by Gasteiger charge is 2.09. The molecule has 2 aromatic rings. The Balaban J connectivity index is 1.96. The van der Waals surface area contributed by atoms with E-state index in [2.05, 4.69) is 37.5 Å². The molecule has 0 saturated heterocycles. The Hall–Kier alpha value is -1.36. The largest absolute Gasteiger partial charge is 0.271 e. The minimum atomic E-state index is -0.202.